The van der Waals surface area contributed by atoms with Gasteiger partial charge in [-0.15, -0.1) is 0 Å². The summed E-state index contributed by atoms with van der Waals surface area (Å²) < 4.78 is 5.31. The number of ether oxygens (including phenoxy) is 1. The molecular weight excluding hydrogens is 380 g/mol. The Bertz CT molecular complexity index is 845. The van der Waals surface area contributed by atoms with Crippen LogP contribution < -0.4 is 5.32 Å². The molecule has 0 aliphatic rings. The van der Waals surface area contributed by atoms with Crippen LogP contribution in [0, 0.1) is 0 Å². The third kappa shape index (κ3) is 8.17. The number of ketones is 1. The first kappa shape index (κ1) is 23.3. The van der Waals surface area contributed by atoms with E-state index in [2.05, 4.69) is 5.32 Å². The first-order valence-electron chi connectivity index (χ1n) is 9.97. The van der Waals surface area contributed by atoms with Gasteiger partial charge >= 0.3 is 5.97 Å². The Hall–Kier alpha value is -2.99. The molecule has 0 aliphatic heterocycles. The van der Waals surface area contributed by atoms with Crippen molar-refractivity contribution in [2.45, 2.75) is 38.8 Å². The molecule has 0 heterocycles. The highest BCUT2D eigenvalue weighted by Crippen LogP contribution is 2.09. The van der Waals surface area contributed by atoms with E-state index < -0.39 is 17.6 Å². The lowest BCUT2D eigenvalue weighted by Gasteiger charge is -2.24. The van der Waals surface area contributed by atoms with E-state index in [-0.39, 0.29) is 24.8 Å². The third-order valence-corrected chi connectivity index (χ3v) is 4.26. The molecule has 1 amide bonds. The summed E-state index contributed by atoms with van der Waals surface area (Å²) in [6.07, 6.45) is 0.374. The first-order chi connectivity index (χ1) is 14.1. The maximum Gasteiger partial charge on any atom is 0.320 e. The Balaban J connectivity index is 2.06. The van der Waals surface area contributed by atoms with Crippen LogP contribution in [0.5, 0.6) is 0 Å². The Morgan fingerprint density at radius 2 is 1.50 bits per heavy atom. The molecule has 0 bridgehead atoms. The van der Waals surface area contributed by atoms with Crippen molar-refractivity contribution < 1.29 is 19.1 Å². The molecule has 2 aromatic carbocycles. The first-order valence-corrected chi connectivity index (χ1v) is 9.97. The van der Waals surface area contributed by atoms with Gasteiger partial charge < -0.3 is 10.1 Å². The third-order valence-electron chi connectivity index (χ3n) is 4.26. The number of rotatable bonds is 9. The van der Waals surface area contributed by atoms with Crippen molar-refractivity contribution in [3.63, 3.8) is 0 Å². The number of nitrogens with one attached hydrogen (secondary N) is 1. The van der Waals surface area contributed by atoms with Crippen LogP contribution in [-0.4, -0.2) is 54.3 Å². The summed E-state index contributed by atoms with van der Waals surface area (Å²) in [5.74, 6) is -0.875. The van der Waals surface area contributed by atoms with E-state index in [0.29, 0.717) is 12.0 Å². The van der Waals surface area contributed by atoms with Crippen LogP contribution in [0.1, 0.15) is 36.7 Å². The topological polar surface area (TPSA) is 75.7 Å². The highest BCUT2D eigenvalue weighted by Gasteiger charge is 2.24. The number of benzene rings is 2. The van der Waals surface area contributed by atoms with Crippen LogP contribution in [0.15, 0.2) is 60.7 Å². The van der Waals surface area contributed by atoms with Crippen molar-refractivity contribution in [1.29, 1.82) is 0 Å². The number of carbonyl (C=O) groups excluding carboxylic acids is 3. The van der Waals surface area contributed by atoms with Crippen molar-refractivity contribution in [2.75, 3.05) is 20.1 Å². The fourth-order valence-electron chi connectivity index (χ4n) is 2.95. The van der Waals surface area contributed by atoms with Gasteiger partial charge in [0.1, 0.15) is 5.60 Å². The number of Topliss-reactive ketones (excluding diaryl/α,β-unsaturated/α-hetero) is 1. The fourth-order valence-corrected chi connectivity index (χ4v) is 2.95. The second kappa shape index (κ2) is 10.7. The molecule has 1 atom stereocenters. The maximum atomic E-state index is 13.0. The van der Waals surface area contributed by atoms with Crippen molar-refractivity contribution in [3.05, 3.63) is 71.8 Å². The molecule has 2 rings (SSSR count). The minimum absolute atomic E-state index is 0.00625. The molecule has 0 fully saturated rings. The minimum atomic E-state index is -0.707. The summed E-state index contributed by atoms with van der Waals surface area (Å²) in [6.45, 7) is 5.40. The summed E-state index contributed by atoms with van der Waals surface area (Å²) >= 11 is 0. The number of carbonyl (C=O) groups is 3. The molecule has 2 aromatic rings. The molecule has 6 nitrogen and oxygen atoms in total. The van der Waals surface area contributed by atoms with Crippen LogP contribution in [0.3, 0.4) is 0 Å². The molecule has 0 spiro atoms. The zero-order chi connectivity index (χ0) is 22.1. The largest absolute Gasteiger partial charge is 0.459 e. The van der Waals surface area contributed by atoms with Crippen LogP contribution in [-0.2, 0) is 20.7 Å². The molecule has 0 saturated carbocycles. The van der Waals surface area contributed by atoms with E-state index in [0.717, 1.165) is 5.56 Å². The van der Waals surface area contributed by atoms with Gasteiger partial charge in [-0.3, -0.25) is 19.3 Å². The summed E-state index contributed by atoms with van der Waals surface area (Å²) in [7, 11) is 1.68. The van der Waals surface area contributed by atoms with Gasteiger partial charge in [0.25, 0.3) is 5.91 Å². The zero-order valence-electron chi connectivity index (χ0n) is 18.1. The van der Waals surface area contributed by atoms with Gasteiger partial charge in [0.05, 0.1) is 19.1 Å². The van der Waals surface area contributed by atoms with E-state index in [9.17, 15) is 14.4 Å². The maximum absolute atomic E-state index is 13.0. The van der Waals surface area contributed by atoms with Crippen molar-refractivity contribution in [1.82, 2.24) is 10.2 Å². The normalized spacial score (nSPS) is 12.3. The van der Waals surface area contributed by atoms with Crippen LogP contribution in [0.2, 0.25) is 0 Å². The van der Waals surface area contributed by atoms with E-state index in [1.165, 1.54) is 0 Å². The van der Waals surface area contributed by atoms with Crippen molar-refractivity contribution in [3.8, 4) is 0 Å². The predicted molar refractivity (Wildman–Crippen MR) is 116 cm³/mol. The quantitative estimate of drug-likeness (QED) is 0.644. The molecule has 6 heteroatoms. The number of amides is 1. The van der Waals surface area contributed by atoms with Crippen LogP contribution in [0.25, 0.3) is 0 Å². The minimum Gasteiger partial charge on any atom is -0.459 e. The monoisotopic (exact) mass is 410 g/mol. The standard InChI is InChI=1S/C24H30N2O4/c1-24(2,3)30-22(28)17-26(4)16-21(27)20(15-18-11-7-5-8-12-18)25-23(29)19-13-9-6-10-14-19/h5-14,20H,15-17H2,1-4H3,(H,25,29). The highest BCUT2D eigenvalue weighted by molar-refractivity contribution is 5.98. The molecule has 160 valence electrons. The zero-order valence-corrected chi connectivity index (χ0v) is 18.1. The molecule has 0 aliphatic carbocycles. The van der Waals surface area contributed by atoms with Crippen LogP contribution in [0.4, 0.5) is 0 Å². The van der Waals surface area contributed by atoms with Gasteiger partial charge in [0, 0.05) is 5.56 Å². The smallest absolute Gasteiger partial charge is 0.320 e. The molecule has 0 saturated heterocycles. The van der Waals surface area contributed by atoms with E-state index in [1.807, 2.05) is 36.4 Å². The Morgan fingerprint density at radius 1 is 0.933 bits per heavy atom. The Labute approximate surface area is 178 Å². The predicted octanol–water partition coefficient (Wildman–Crippen LogP) is 2.87. The molecule has 1 unspecified atom stereocenters. The second-order valence-corrected chi connectivity index (χ2v) is 8.31. The molecular formula is C24H30N2O4. The average Bonchev–Trinajstić information content (AvgIpc) is 2.67. The number of likely N-dealkylation sites (N-methyl/N-ethyl adjacent to an activating group) is 1. The number of nitrogens with zero attached hydrogens (tertiary/aromatic N) is 1. The summed E-state index contributed by atoms with van der Waals surface area (Å²) in [5.41, 5.74) is 0.853. The lowest BCUT2D eigenvalue weighted by atomic mass is 10.0. The number of hydrogen-bond donors (Lipinski definition) is 1. The van der Waals surface area contributed by atoms with Gasteiger partial charge in [-0.1, -0.05) is 48.5 Å². The van der Waals surface area contributed by atoms with Gasteiger partial charge in [0.2, 0.25) is 0 Å². The SMILES string of the molecule is CN(CC(=O)OC(C)(C)C)CC(=O)C(Cc1ccccc1)NC(=O)c1ccccc1. The van der Waals surface area contributed by atoms with Gasteiger partial charge in [0.15, 0.2) is 5.78 Å². The van der Waals surface area contributed by atoms with Crippen LogP contribution >= 0.6 is 0 Å². The molecule has 0 aromatic heterocycles. The summed E-state index contributed by atoms with van der Waals surface area (Å²) in [6, 6.07) is 17.6. The van der Waals surface area contributed by atoms with E-state index in [4.69, 9.17) is 4.74 Å². The number of esters is 1. The van der Waals surface area contributed by atoms with E-state index >= 15 is 0 Å². The molecule has 30 heavy (non-hydrogen) atoms. The lowest BCUT2D eigenvalue weighted by molar-refractivity contribution is -0.155. The molecule has 0 radical (unpaired) electrons. The van der Waals surface area contributed by atoms with Gasteiger partial charge in [-0.05, 0) is 51.9 Å². The van der Waals surface area contributed by atoms with Crippen molar-refractivity contribution >= 4 is 17.7 Å². The van der Waals surface area contributed by atoms with Crippen molar-refractivity contribution in [2.24, 2.45) is 0 Å². The van der Waals surface area contributed by atoms with E-state index in [1.54, 1.807) is 57.0 Å². The number of hydrogen-bond acceptors (Lipinski definition) is 5. The summed E-state index contributed by atoms with van der Waals surface area (Å²) in [4.78, 5) is 39.2. The lowest BCUT2D eigenvalue weighted by Crippen LogP contribution is -2.47. The Morgan fingerprint density at radius 3 is 2.07 bits per heavy atom. The average molecular weight is 411 g/mol. The second-order valence-electron chi connectivity index (χ2n) is 8.31. The summed E-state index contributed by atoms with van der Waals surface area (Å²) in [5, 5.41) is 2.85. The highest BCUT2D eigenvalue weighted by atomic mass is 16.6. The van der Waals surface area contributed by atoms with Gasteiger partial charge in [-0.2, -0.15) is 0 Å². The Kier molecular flexibility index (Phi) is 8.30. The van der Waals surface area contributed by atoms with Gasteiger partial charge in [-0.25, -0.2) is 0 Å². The molecule has 1 N–H and O–H groups in total. The fraction of sp³-hybridized carbons (Fsp3) is 0.375.